The highest BCUT2D eigenvalue weighted by Gasteiger charge is 2.17. The first-order chi connectivity index (χ1) is 11.1. The Balaban J connectivity index is 1.74. The Bertz CT molecular complexity index is 820. The maximum atomic E-state index is 12.2. The predicted molar refractivity (Wildman–Crippen MR) is 84.7 cm³/mol. The summed E-state index contributed by atoms with van der Waals surface area (Å²) in [5.41, 5.74) is 1.16. The molecule has 8 heteroatoms. The van der Waals surface area contributed by atoms with Gasteiger partial charge in [-0.3, -0.25) is 14.9 Å². The van der Waals surface area contributed by atoms with Crippen LogP contribution in [-0.4, -0.2) is 31.1 Å². The van der Waals surface area contributed by atoms with Crippen LogP contribution in [-0.2, 0) is 0 Å². The number of hydrogen-bond acceptors (Lipinski definition) is 5. The number of aromatic amines is 1. The summed E-state index contributed by atoms with van der Waals surface area (Å²) in [7, 11) is 0. The lowest BCUT2D eigenvalue weighted by Gasteiger charge is -2.11. The Kier molecular flexibility index (Phi) is 4.29. The second-order valence-corrected chi connectivity index (χ2v) is 5.18. The van der Waals surface area contributed by atoms with Crippen molar-refractivity contribution in [2.75, 3.05) is 0 Å². The van der Waals surface area contributed by atoms with E-state index in [9.17, 15) is 4.79 Å². The number of nitrogens with one attached hydrogen (secondary N) is 2. The van der Waals surface area contributed by atoms with E-state index in [-0.39, 0.29) is 17.1 Å². The molecule has 1 atom stereocenters. The van der Waals surface area contributed by atoms with Crippen molar-refractivity contribution in [1.82, 2.24) is 30.5 Å². The Morgan fingerprint density at radius 2 is 2.04 bits per heavy atom. The molecule has 7 nitrogen and oxygen atoms in total. The van der Waals surface area contributed by atoms with Crippen LogP contribution >= 0.6 is 11.6 Å². The van der Waals surface area contributed by atoms with Gasteiger partial charge in [0.25, 0.3) is 5.91 Å². The fourth-order valence-corrected chi connectivity index (χ4v) is 2.20. The lowest BCUT2D eigenvalue weighted by atomic mass is 10.2. The highest BCUT2D eigenvalue weighted by molar-refractivity contribution is 6.32. The molecule has 23 heavy (non-hydrogen) atoms. The second-order valence-electron chi connectivity index (χ2n) is 4.82. The molecule has 3 rings (SSSR count). The number of carbonyl (C=O) groups excluding carboxylic acids is 1. The molecule has 0 bridgehead atoms. The molecule has 0 aliphatic carbocycles. The lowest BCUT2D eigenvalue weighted by molar-refractivity contribution is 0.0938. The zero-order valence-electron chi connectivity index (χ0n) is 12.2. The summed E-state index contributed by atoms with van der Waals surface area (Å²) in [6.45, 7) is 1.80. The van der Waals surface area contributed by atoms with Gasteiger partial charge in [0.2, 0.25) is 0 Å². The topological polar surface area (TPSA) is 96.5 Å². The van der Waals surface area contributed by atoms with Crippen molar-refractivity contribution >= 4 is 17.5 Å². The molecule has 0 aromatic carbocycles. The Morgan fingerprint density at radius 3 is 2.78 bits per heavy atom. The zero-order valence-corrected chi connectivity index (χ0v) is 12.9. The van der Waals surface area contributed by atoms with E-state index in [1.807, 2.05) is 12.1 Å². The van der Waals surface area contributed by atoms with Crippen LogP contribution in [0.3, 0.4) is 0 Å². The number of amides is 1. The van der Waals surface area contributed by atoms with Gasteiger partial charge >= 0.3 is 0 Å². The van der Waals surface area contributed by atoms with Gasteiger partial charge < -0.3 is 5.32 Å². The standard InChI is InChI=1S/C15H13ClN6O/c1-9(19-15(23)11-3-2-6-18-12(11)16)13-20-14(22-21-13)10-4-7-17-8-5-10/h2-9H,1H3,(H,19,23)(H,20,21,22). The van der Waals surface area contributed by atoms with E-state index in [1.54, 1.807) is 31.5 Å². The van der Waals surface area contributed by atoms with Crippen molar-refractivity contribution in [3.8, 4) is 11.4 Å². The Labute approximate surface area is 137 Å². The molecule has 0 fully saturated rings. The molecule has 0 spiro atoms. The fourth-order valence-electron chi connectivity index (χ4n) is 2.00. The summed E-state index contributed by atoms with van der Waals surface area (Å²) in [5, 5.41) is 9.95. The number of hydrogen-bond donors (Lipinski definition) is 2. The number of rotatable bonds is 4. The predicted octanol–water partition coefficient (Wildman–Crippen LogP) is 2.41. The van der Waals surface area contributed by atoms with Gasteiger partial charge in [0.15, 0.2) is 5.82 Å². The maximum Gasteiger partial charge on any atom is 0.254 e. The largest absolute Gasteiger partial charge is 0.342 e. The summed E-state index contributed by atoms with van der Waals surface area (Å²) in [6.07, 6.45) is 4.86. The van der Waals surface area contributed by atoms with Crippen molar-refractivity contribution in [1.29, 1.82) is 0 Å². The molecular weight excluding hydrogens is 316 g/mol. The second kappa shape index (κ2) is 6.53. The summed E-state index contributed by atoms with van der Waals surface area (Å²) < 4.78 is 0. The first kappa shape index (κ1) is 15.1. The molecule has 116 valence electrons. The van der Waals surface area contributed by atoms with Gasteiger partial charge in [0.1, 0.15) is 11.0 Å². The van der Waals surface area contributed by atoms with Gasteiger partial charge in [-0.05, 0) is 31.2 Å². The summed E-state index contributed by atoms with van der Waals surface area (Å²) in [5.74, 6) is 0.769. The average Bonchev–Trinajstić information content (AvgIpc) is 3.06. The minimum Gasteiger partial charge on any atom is -0.342 e. The number of carbonyl (C=O) groups is 1. The molecule has 0 aliphatic rings. The number of nitrogens with zero attached hydrogens (tertiary/aromatic N) is 4. The highest BCUT2D eigenvalue weighted by atomic mass is 35.5. The highest BCUT2D eigenvalue weighted by Crippen LogP contribution is 2.17. The Hall–Kier alpha value is -2.80. The third-order valence-corrected chi connectivity index (χ3v) is 3.50. The van der Waals surface area contributed by atoms with Crippen molar-refractivity contribution in [3.63, 3.8) is 0 Å². The molecule has 0 saturated heterocycles. The van der Waals surface area contributed by atoms with E-state index < -0.39 is 0 Å². The third kappa shape index (κ3) is 3.35. The molecule has 3 aromatic heterocycles. The maximum absolute atomic E-state index is 12.2. The Morgan fingerprint density at radius 1 is 1.26 bits per heavy atom. The van der Waals surface area contributed by atoms with E-state index in [2.05, 4.69) is 30.5 Å². The molecular formula is C15H13ClN6O. The minimum atomic E-state index is -0.359. The van der Waals surface area contributed by atoms with Crippen molar-refractivity contribution in [2.45, 2.75) is 13.0 Å². The third-order valence-electron chi connectivity index (χ3n) is 3.20. The van der Waals surface area contributed by atoms with Gasteiger partial charge in [0, 0.05) is 24.2 Å². The molecule has 3 heterocycles. The molecule has 2 N–H and O–H groups in total. The summed E-state index contributed by atoms with van der Waals surface area (Å²) in [4.78, 5) is 24.5. The van der Waals surface area contributed by atoms with Crippen LogP contribution in [0.4, 0.5) is 0 Å². The minimum absolute atomic E-state index is 0.159. The number of pyridine rings is 2. The van der Waals surface area contributed by atoms with E-state index >= 15 is 0 Å². The quantitative estimate of drug-likeness (QED) is 0.717. The monoisotopic (exact) mass is 328 g/mol. The SMILES string of the molecule is CC(NC(=O)c1cccnc1Cl)c1nc(-c2ccncc2)n[nH]1. The number of H-pyrrole nitrogens is 1. The molecule has 3 aromatic rings. The van der Waals surface area contributed by atoms with Crippen LogP contribution in [0, 0.1) is 0 Å². The van der Waals surface area contributed by atoms with E-state index in [0.29, 0.717) is 17.2 Å². The first-order valence-corrected chi connectivity index (χ1v) is 7.27. The van der Waals surface area contributed by atoms with Crippen LogP contribution in [0.5, 0.6) is 0 Å². The summed E-state index contributed by atoms with van der Waals surface area (Å²) >= 11 is 5.92. The van der Waals surface area contributed by atoms with E-state index in [4.69, 9.17) is 11.6 Å². The van der Waals surface area contributed by atoms with E-state index in [0.717, 1.165) is 5.56 Å². The summed E-state index contributed by atoms with van der Waals surface area (Å²) in [6, 6.07) is 6.53. The van der Waals surface area contributed by atoms with E-state index in [1.165, 1.54) is 6.20 Å². The van der Waals surface area contributed by atoms with Crippen LogP contribution in [0.15, 0.2) is 42.9 Å². The van der Waals surface area contributed by atoms with Crippen LogP contribution in [0.1, 0.15) is 29.1 Å². The van der Waals surface area contributed by atoms with Crippen molar-refractivity contribution in [3.05, 3.63) is 59.4 Å². The van der Waals surface area contributed by atoms with Crippen molar-refractivity contribution < 1.29 is 4.79 Å². The molecule has 0 aliphatic heterocycles. The molecule has 0 radical (unpaired) electrons. The number of aromatic nitrogens is 5. The average molecular weight is 329 g/mol. The fraction of sp³-hybridized carbons (Fsp3) is 0.133. The van der Waals surface area contributed by atoms with Crippen LogP contribution < -0.4 is 5.32 Å². The molecule has 1 unspecified atom stereocenters. The zero-order chi connectivity index (χ0) is 16.2. The number of halogens is 1. The first-order valence-electron chi connectivity index (χ1n) is 6.89. The van der Waals surface area contributed by atoms with Gasteiger partial charge in [-0.25, -0.2) is 9.97 Å². The van der Waals surface area contributed by atoms with Gasteiger partial charge in [-0.1, -0.05) is 11.6 Å². The van der Waals surface area contributed by atoms with Crippen LogP contribution in [0.2, 0.25) is 5.15 Å². The molecule has 0 saturated carbocycles. The van der Waals surface area contributed by atoms with Gasteiger partial charge in [-0.15, -0.1) is 0 Å². The smallest absolute Gasteiger partial charge is 0.254 e. The lowest BCUT2D eigenvalue weighted by Crippen LogP contribution is -2.27. The van der Waals surface area contributed by atoms with Gasteiger partial charge in [0.05, 0.1) is 11.6 Å². The van der Waals surface area contributed by atoms with Crippen molar-refractivity contribution in [2.24, 2.45) is 0 Å². The van der Waals surface area contributed by atoms with Gasteiger partial charge in [-0.2, -0.15) is 5.10 Å². The van der Waals surface area contributed by atoms with Crippen LogP contribution in [0.25, 0.3) is 11.4 Å². The molecule has 1 amide bonds. The normalized spacial score (nSPS) is 11.9.